The number of carbonyl (C=O) groups excluding carboxylic acids is 2. The van der Waals surface area contributed by atoms with Crippen LogP contribution in [0.15, 0.2) is 91.0 Å². The third-order valence-corrected chi connectivity index (χ3v) is 5.69. The molecule has 4 heteroatoms. The zero-order chi connectivity index (χ0) is 22.1. The van der Waals surface area contributed by atoms with E-state index in [-0.39, 0.29) is 35.0 Å². The molecule has 0 atom stereocenters. The van der Waals surface area contributed by atoms with Crippen molar-refractivity contribution in [1.29, 1.82) is 0 Å². The molecule has 4 nitrogen and oxygen atoms in total. The molecular formula is C28H20O4. The maximum atomic E-state index is 13.4. The Bertz CT molecular complexity index is 1320. The van der Waals surface area contributed by atoms with Gasteiger partial charge in [0, 0.05) is 23.1 Å². The van der Waals surface area contributed by atoms with Crippen molar-refractivity contribution >= 4 is 11.6 Å². The van der Waals surface area contributed by atoms with Gasteiger partial charge in [-0.2, -0.15) is 0 Å². The van der Waals surface area contributed by atoms with E-state index in [0.29, 0.717) is 28.9 Å². The standard InChI is InChI=1S/C28H20O4/c29-26-20(15-18-9-3-1-4-10-18)16-23(32-17-19-11-5-2-6-12-19)24-25(26)28(31)22-14-8-7-13-21(22)27(24)30/h1-14,16,29H,15,17H2. The van der Waals surface area contributed by atoms with Gasteiger partial charge in [-0.1, -0.05) is 84.9 Å². The molecule has 1 aliphatic rings. The van der Waals surface area contributed by atoms with E-state index in [2.05, 4.69) is 0 Å². The summed E-state index contributed by atoms with van der Waals surface area (Å²) in [7, 11) is 0. The van der Waals surface area contributed by atoms with Crippen molar-refractivity contribution in [3.05, 3.63) is 130 Å². The predicted molar refractivity (Wildman–Crippen MR) is 121 cm³/mol. The number of fused-ring (bicyclic) bond motifs is 2. The van der Waals surface area contributed by atoms with Gasteiger partial charge < -0.3 is 9.84 Å². The Morgan fingerprint density at radius 1 is 0.656 bits per heavy atom. The average molecular weight is 420 g/mol. The molecule has 5 rings (SSSR count). The number of ketones is 2. The second kappa shape index (κ2) is 8.16. The van der Waals surface area contributed by atoms with Crippen LogP contribution in [-0.4, -0.2) is 16.7 Å². The minimum absolute atomic E-state index is 0.0187. The van der Waals surface area contributed by atoms with Gasteiger partial charge in [-0.15, -0.1) is 0 Å². The number of benzene rings is 4. The minimum Gasteiger partial charge on any atom is -0.507 e. The van der Waals surface area contributed by atoms with Crippen LogP contribution in [0.3, 0.4) is 0 Å². The molecule has 32 heavy (non-hydrogen) atoms. The van der Waals surface area contributed by atoms with Gasteiger partial charge in [0.2, 0.25) is 0 Å². The highest BCUT2D eigenvalue weighted by atomic mass is 16.5. The van der Waals surface area contributed by atoms with Gasteiger partial charge in [-0.25, -0.2) is 0 Å². The van der Waals surface area contributed by atoms with Crippen LogP contribution in [0.25, 0.3) is 0 Å². The van der Waals surface area contributed by atoms with E-state index in [1.165, 1.54) is 0 Å². The fourth-order valence-corrected chi connectivity index (χ4v) is 4.10. The Morgan fingerprint density at radius 3 is 1.81 bits per heavy atom. The highest BCUT2D eigenvalue weighted by molar-refractivity contribution is 6.30. The smallest absolute Gasteiger partial charge is 0.198 e. The van der Waals surface area contributed by atoms with Gasteiger partial charge in [0.1, 0.15) is 18.1 Å². The van der Waals surface area contributed by atoms with Gasteiger partial charge in [0.15, 0.2) is 11.6 Å². The summed E-state index contributed by atoms with van der Waals surface area (Å²) in [4.78, 5) is 26.7. The van der Waals surface area contributed by atoms with E-state index in [0.717, 1.165) is 11.1 Å². The molecule has 0 heterocycles. The molecule has 4 aromatic carbocycles. The normalized spacial score (nSPS) is 12.2. The quantitative estimate of drug-likeness (QED) is 0.417. The fourth-order valence-electron chi connectivity index (χ4n) is 4.10. The van der Waals surface area contributed by atoms with Crippen LogP contribution >= 0.6 is 0 Å². The van der Waals surface area contributed by atoms with E-state index < -0.39 is 0 Å². The lowest BCUT2D eigenvalue weighted by molar-refractivity contribution is 0.0972. The number of rotatable bonds is 5. The molecule has 0 saturated heterocycles. The highest BCUT2D eigenvalue weighted by Gasteiger charge is 2.36. The molecule has 0 spiro atoms. The summed E-state index contributed by atoms with van der Waals surface area (Å²) in [5.74, 6) is -0.545. The number of carbonyl (C=O) groups is 2. The minimum atomic E-state index is -0.368. The van der Waals surface area contributed by atoms with Gasteiger partial charge in [-0.05, 0) is 17.2 Å². The molecular weight excluding hydrogens is 400 g/mol. The Morgan fingerprint density at radius 2 is 1.19 bits per heavy atom. The summed E-state index contributed by atoms with van der Waals surface area (Å²) in [5.41, 5.74) is 3.22. The highest BCUT2D eigenvalue weighted by Crippen LogP contribution is 2.41. The van der Waals surface area contributed by atoms with Crippen LogP contribution in [0, 0.1) is 0 Å². The van der Waals surface area contributed by atoms with Gasteiger partial charge in [0.25, 0.3) is 0 Å². The molecule has 0 amide bonds. The van der Waals surface area contributed by atoms with Crippen molar-refractivity contribution in [1.82, 2.24) is 0 Å². The number of aromatic hydroxyl groups is 1. The molecule has 1 N–H and O–H groups in total. The van der Waals surface area contributed by atoms with Gasteiger partial charge in [-0.3, -0.25) is 9.59 Å². The summed E-state index contributed by atoms with van der Waals surface area (Å²) >= 11 is 0. The van der Waals surface area contributed by atoms with Crippen molar-refractivity contribution in [2.45, 2.75) is 13.0 Å². The first-order valence-electron chi connectivity index (χ1n) is 10.4. The summed E-state index contributed by atoms with van der Waals surface area (Å²) < 4.78 is 6.07. The van der Waals surface area contributed by atoms with Crippen molar-refractivity contribution < 1.29 is 19.4 Å². The second-order valence-corrected chi connectivity index (χ2v) is 7.77. The summed E-state index contributed by atoms with van der Waals surface area (Å²) in [6.07, 6.45) is 0.408. The molecule has 156 valence electrons. The number of hydrogen-bond acceptors (Lipinski definition) is 4. The number of phenols is 1. The molecule has 1 aliphatic carbocycles. The maximum absolute atomic E-state index is 13.4. The summed E-state index contributed by atoms with van der Waals surface area (Å²) in [5, 5.41) is 11.1. The first-order valence-corrected chi connectivity index (χ1v) is 10.4. The molecule has 0 radical (unpaired) electrons. The molecule has 0 fully saturated rings. The Labute approximate surface area is 185 Å². The third-order valence-electron chi connectivity index (χ3n) is 5.69. The SMILES string of the molecule is O=C1c2ccccc2C(=O)c2c(O)c(Cc3ccccc3)cc(OCc3ccccc3)c21. The predicted octanol–water partition coefficient (Wildman–Crippen LogP) is 5.34. The van der Waals surface area contributed by atoms with Gasteiger partial charge in [0.05, 0.1) is 11.1 Å². The first kappa shape index (κ1) is 19.8. The lowest BCUT2D eigenvalue weighted by Crippen LogP contribution is -2.22. The average Bonchev–Trinajstić information content (AvgIpc) is 2.84. The van der Waals surface area contributed by atoms with E-state index in [1.807, 2.05) is 60.7 Å². The topological polar surface area (TPSA) is 63.6 Å². The third kappa shape index (κ3) is 3.46. The van der Waals surface area contributed by atoms with Crippen LogP contribution in [0.1, 0.15) is 48.5 Å². The van der Waals surface area contributed by atoms with Crippen molar-refractivity contribution in [2.24, 2.45) is 0 Å². The molecule has 0 bridgehead atoms. The van der Waals surface area contributed by atoms with E-state index in [1.54, 1.807) is 30.3 Å². The fraction of sp³-hybridized carbons (Fsp3) is 0.0714. The first-order chi connectivity index (χ1) is 15.6. The number of ether oxygens (including phenoxy) is 1. The lowest BCUT2D eigenvalue weighted by atomic mass is 9.81. The largest absolute Gasteiger partial charge is 0.507 e. The van der Waals surface area contributed by atoms with Crippen LogP contribution in [-0.2, 0) is 13.0 Å². The molecule has 0 unspecified atom stereocenters. The molecule has 0 aromatic heterocycles. The number of hydrogen-bond donors (Lipinski definition) is 1. The molecule has 0 saturated carbocycles. The Balaban J connectivity index is 1.65. The molecule has 0 aliphatic heterocycles. The Kier molecular flexibility index (Phi) is 5.04. The van der Waals surface area contributed by atoms with Crippen molar-refractivity contribution in [3.8, 4) is 11.5 Å². The summed E-state index contributed by atoms with van der Waals surface area (Å²) in [6.45, 7) is 0.242. The van der Waals surface area contributed by atoms with Crippen molar-refractivity contribution in [3.63, 3.8) is 0 Å². The van der Waals surface area contributed by atoms with Crippen LogP contribution in [0.2, 0.25) is 0 Å². The zero-order valence-corrected chi connectivity index (χ0v) is 17.2. The number of phenolic OH excluding ortho intramolecular Hbond substituents is 1. The van der Waals surface area contributed by atoms with E-state index >= 15 is 0 Å². The zero-order valence-electron chi connectivity index (χ0n) is 17.2. The summed E-state index contributed by atoms with van der Waals surface area (Å²) in [6, 6.07) is 27.6. The van der Waals surface area contributed by atoms with E-state index in [4.69, 9.17) is 4.74 Å². The van der Waals surface area contributed by atoms with Crippen LogP contribution in [0.5, 0.6) is 11.5 Å². The second-order valence-electron chi connectivity index (χ2n) is 7.77. The maximum Gasteiger partial charge on any atom is 0.198 e. The van der Waals surface area contributed by atoms with Gasteiger partial charge >= 0.3 is 0 Å². The van der Waals surface area contributed by atoms with Crippen LogP contribution < -0.4 is 4.74 Å². The van der Waals surface area contributed by atoms with E-state index in [9.17, 15) is 14.7 Å². The molecule has 4 aromatic rings. The monoisotopic (exact) mass is 420 g/mol. The Hall–Kier alpha value is -4.18. The van der Waals surface area contributed by atoms with Crippen molar-refractivity contribution in [2.75, 3.05) is 0 Å². The van der Waals surface area contributed by atoms with Crippen LogP contribution in [0.4, 0.5) is 0 Å². The lowest BCUT2D eigenvalue weighted by Gasteiger charge is -2.23.